The normalized spacial score (nSPS) is 10.4. The topological polar surface area (TPSA) is 124 Å². The van der Waals surface area contributed by atoms with E-state index in [9.17, 15) is 3.74 Å². The quantitative estimate of drug-likeness (QED) is 0.309. The molecule has 0 fully saturated rings. The Bertz CT molecular complexity index is 318. The molecule has 0 radical (unpaired) electrons. The van der Waals surface area contributed by atoms with Gasteiger partial charge < -0.3 is 10.2 Å². The fourth-order valence-electron chi connectivity index (χ4n) is 0.669. The monoisotopic (exact) mass is 279 g/mol. The van der Waals surface area contributed by atoms with Crippen LogP contribution < -0.4 is 10.1 Å². The van der Waals surface area contributed by atoms with E-state index < -0.39 is 14.2 Å². The van der Waals surface area contributed by atoms with Crippen LogP contribution in [0.4, 0.5) is 5.69 Å². The Morgan fingerprint density at radius 2 is 1.47 bits per heavy atom. The van der Waals surface area contributed by atoms with Crippen molar-refractivity contribution in [3.8, 4) is 0 Å². The number of aliphatic hydroxyl groups excluding tert-OH is 2. The second-order valence-electron chi connectivity index (χ2n) is 2.58. The maximum atomic E-state index is 10.7. The van der Waals surface area contributed by atoms with Gasteiger partial charge in [-0.25, -0.2) is 0 Å². The molecule has 6 N–H and O–H groups in total. The summed E-state index contributed by atoms with van der Waals surface area (Å²) in [5.74, 6) is 0. The standard InChI is InChI=1S/C6H8AsNO3.C2H6O2/c8-6-3-1-5(2-4-6)7(9,10)11;3-1-2-4/h1-4H,8H2,(H2,9,10,11);3-4H,1-2H2. The van der Waals surface area contributed by atoms with Crippen molar-refractivity contribution in [2.45, 2.75) is 0 Å². The molecule has 1 aromatic carbocycles. The predicted octanol–water partition coefficient (Wildman–Crippen LogP) is -2.20. The summed E-state index contributed by atoms with van der Waals surface area (Å²) in [6.07, 6.45) is 0. The van der Waals surface area contributed by atoms with Crippen molar-refractivity contribution in [1.82, 2.24) is 0 Å². The van der Waals surface area contributed by atoms with Gasteiger partial charge in [0, 0.05) is 0 Å². The molecule has 1 rings (SSSR count). The van der Waals surface area contributed by atoms with Crippen LogP contribution in [0.1, 0.15) is 0 Å². The fourth-order valence-corrected chi connectivity index (χ4v) is 1.80. The van der Waals surface area contributed by atoms with Gasteiger partial charge in [-0.1, -0.05) is 0 Å². The number of anilines is 1. The van der Waals surface area contributed by atoms with Crippen LogP contribution in [0.5, 0.6) is 0 Å². The maximum Gasteiger partial charge on any atom is 0.0662 e. The third-order valence-corrected chi connectivity index (χ3v) is 3.37. The van der Waals surface area contributed by atoms with Gasteiger partial charge in [0.2, 0.25) is 0 Å². The molecular formula is C8H14AsNO5. The van der Waals surface area contributed by atoms with Crippen molar-refractivity contribution in [2.75, 3.05) is 18.9 Å². The molecule has 0 amide bonds. The largest absolute Gasteiger partial charge is 0.394 e. The molecule has 0 bridgehead atoms. The molecule has 86 valence electrons. The molecule has 0 aromatic heterocycles. The molecule has 0 saturated carbocycles. The van der Waals surface area contributed by atoms with E-state index in [-0.39, 0.29) is 17.6 Å². The Kier molecular flexibility index (Phi) is 6.31. The van der Waals surface area contributed by atoms with Gasteiger partial charge in [0.15, 0.2) is 0 Å². The summed E-state index contributed by atoms with van der Waals surface area (Å²) in [6, 6.07) is 5.62. The van der Waals surface area contributed by atoms with Gasteiger partial charge in [0.1, 0.15) is 0 Å². The van der Waals surface area contributed by atoms with Crippen LogP contribution in [-0.2, 0) is 3.74 Å². The van der Waals surface area contributed by atoms with Gasteiger partial charge in [0.25, 0.3) is 0 Å². The number of aliphatic hydroxyl groups is 2. The number of hydrogen-bond acceptors (Lipinski definition) is 4. The van der Waals surface area contributed by atoms with Crippen molar-refractivity contribution in [3.63, 3.8) is 0 Å². The molecule has 6 nitrogen and oxygen atoms in total. The summed E-state index contributed by atoms with van der Waals surface area (Å²) < 4.78 is 28.1. The van der Waals surface area contributed by atoms with Crippen LogP contribution in [0.15, 0.2) is 24.3 Å². The van der Waals surface area contributed by atoms with Gasteiger partial charge in [-0.3, -0.25) is 0 Å². The van der Waals surface area contributed by atoms with Crippen molar-refractivity contribution >= 4 is 24.2 Å². The Labute approximate surface area is 90.0 Å². The molecule has 0 spiro atoms. The van der Waals surface area contributed by atoms with Crippen molar-refractivity contribution in [3.05, 3.63) is 24.3 Å². The van der Waals surface area contributed by atoms with Gasteiger partial charge in [-0.2, -0.15) is 0 Å². The molecule has 0 atom stereocenters. The summed E-state index contributed by atoms with van der Waals surface area (Å²) >= 11 is -4.68. The van der Waals surface area contributed by atoms with Crippen LogP contribution in [0.25, 0.3) is 0 Å². The average Bonchev–Trinajstić information content (AvgIpc) is 2.17. The van der Waals surface area contributed by atoms with E-state index in [0.29, 0.717) is 5.69 Å². The third-order valence-electron chi connectivity index (χ3n) is 1.33. The minimum Gasteiger partial charge on any atom is -0.394 e. The first-order chi connectivity index (χ1) is 6.91. The molecule has 0 aliphatic carbocycles. The van der Waals surface area contributed by atoms with Gasteiger partial charge in [-0.15, -0.1) is 0 Å². The van der Waals surface area contributed by atoms with E-state index in [2.05, 4.69) is 0 Å². The zero-order chi connectivity index (χ0) is 11.9. The average molecular weight is 279 g/mol. The molecule has 0 heterocycles. The van der Waals surface area contributed by atoms with Gasteiger partial charge >= 0.3 is 66.1 Å². The Hall–Kier alpha value is -0.782. The van der Waals surface area contributed by atoms with E-state index in [4.69, 9.17) is 24.1 Å². The van der Waals surface area contributed by atoms with Crippen molar-refractivity contribution in [2.24, 2.45) is 0 Å². The third kappa shape index (κ3) is 6.32. The molecule has 15 heavy (non-hydrogen) atoms. The summed E-state index contributed by atoms with van der Waals surface area (Å²) in [7, 11) is 0. The first-order valence-electron chi connectivity index (χ1n) is 4.05. The fraction of sp³-hybridized carbons (Fsp3) is 0.250. The van der Waals surface area contributed by atoms with E-state index in [1.807, 2.05) is 0 Å². The van der Waals surface area contributed by atoms with Crippen LogP contribution >= 0.6 is 0 Å². The minimum absolute atomic E-state index is 0.0531. The second kappa shape index (κ2) is 6.66. The number of rotatable bonds is 2. The Balaban J connectivity index is 0.000000423. The van der Waals surface area contributed by atoms with Gasteiger partial charge in [0.05, 0.1) is 13.2 Å². The maximum absolute atomic E-state index is 10.7. The van der Waals surface area contributed by atoms with Crippen LogP contribution in [-0.4, -0.2) is 45.8 Å². The molecule has 7 heteroatoms. The van der Waals surface area contributed by atoms with E-state index in [0.717, 1.165) is 0 Å². The van der Waals surface area contributed by atoms with E-state index in [1.54, 1.807) is 0 Å². The van der Waals surface area contributed by atoms with Crippen LogP contribution in [0.3, 0.4) is 0 Å². The summed E-state index contributed by atoms with van der Waals surface area (Å²) in [4.78, 5) is 0. The molecular weight excluding hydrogens is 265 g/mol. The minimum atomic E-state index is -4.68. The SMILES string of the molecule is Nc1ccc([As](=O)(O)O)cc1.OCCO. The zero-order valence-electron chi connectivity index (χ0n) is 7.95. The predicted molar refractivity (Wildman–Crippen MR) is 55.5 cm³/mol. The molecule has 0 aliphatic rings. The Morgan fingerprint density at radius 3 is 1.73 bits per heavy atom. The summed E-state index contributed by atoms with van der Waals surface area (Å²) in [5, 5.41) is 15.2. The molecule has 0 saturated heterocycles. The molecule has 0 unspecified atom stereocenters. The van der Waals surface area contributed by atoms with Crippen LogP contribution in [0.2, 0.25) is 0 Å². The number of benzene rings is 1. The smallest absolute Gasteiger partial charge is 0.0662 e. The van der Waals surface area contributed by atoms with Gasteiger partial charge in [-0.05, 0) is 0 Å². The second-order valence-corrected chi connectivity index (χ2v) is 5.95. The van der Waals surface area contributed by atoms with Crippen molar-refractivity contribution in [1.29, 1.82) is 0 Å². The zero-order valence-corrected chi connectivity index (χ0v) is 9.82. The summed E-state index contributed by atoms with van der Waals surface area (Å²) in [6.45, 7) is -0.250. The van der Waals surface area contributed by atoms with Crippen molar-refractivity contribution < 1.29 is 22.1 Å². The number of hydrogen-bond donors (Lipinski definition) is 5. The summed E-state index contributed by atoms with van der Waals surface area (Å²) in [5.41, 5.74) is 5.82. The van der Waals surface area contributed by atoms with E-state index >= 15 is 0 Å². The first kappa shape index (κ1) is 14.2. The number of nitrogens with two attached hydrogens (primary N) is 1. The number of nitrogen functional groups attached to an aromatic ring is 1. The van der Waals surface area contributed by atoms with E-state index in [1.165, 1.54) is 24.3 Å². The molecule has 1 aromatic rings. The Morgan fingerprint density at radius 1 is 1.07 bits per heavy atom. The van der Waals surface area contributed by atoms with Crippen LogP contribution in [0, 0.1) is 0 Å². The first-order valence-corrected chi connectivity index (χ1v) is 7.43. The molecule has 0 aliphatic heterocycles.